The van der Waals surface area contributed by atoms with Gasteiger partial charge in [-0.15, -0.1) is 0 Å². The third-order valence-corrected chi connectivity index (χ3v) is 14.8. The van der Waals surface area contributed by atoms with Gasteiger partial charge in [0.1, 0.15) is 35.2 Å². The van der Waals surface area contributed by atoms with E-state index in [2.05, 4.69) is 20.3 Å². The van der Waals surface area contributed by atoms with Crippen LogP contribution >= 0.6 is 0 Å². The van der Waals surface area contributed by atoms with Gasteiger partial charge in [0.15, 0.2) is 5.60 Å². The molecule has 66 heavy (non-hydrogen) atoms. The van der Waals surface area contributed by atoms with Crippen LogP contribution in [0.1, 0.15) is 97.7 Å². The Morgan fingerprint density at radius 2 is 1.74 bits per heavy atom. The number of nitrogens with zero attached hydrogens (tertiary/aromatic N) is 3. The van der Waals surface area contributed by atoms with Gasteiger partial charge >= 0.3 is 6.09 Å². The number of pyridine rings is 2. The highest BCUT2D eigenvalue weighted by atomic mass is 32.2. The number of hydrogen-bond donors (Lipinski definition) is 3. The van der Waals surface area contributed by atoms with Crippen LogP contribution in [-0.4, -0.2) is 107 Å². The third kappa shape index (κ3) is 10.7. The molecule has 0 bridgehead atoms. The number of methoxy groups -OCH3 is 1. The zero-order chi connectivity index (χ0) is 47.9. The number of hydrogen-bond acceptors (Lipinski definition) is 12. The molecule has 2 aromatic heterocycles. The van der Waals surface area contributed by atoms with Crippen LogP contribution in [0.15, 0.2) is 54.7 Å². The molecule has 2 saturated carbocycles. The Morgan fingerprint density at radius 1 is 1.02 bits per heavy atom. The van der Waals surface area contributed by atoms with Gasteiger partial charge in [-0.25, -0.2) is 27.0 Å². The summed E-state index contributed by atoms with van der Waals surface area (Å²) in [6, 6.07) is 8.02. The highest BCUT2D eigenvalue weighted by molar-refractivity contribution is 7.91. The van der Waals surface area contributed by atoms with E-state index < -0.39 is 86.2 Å². The van der Waals surface area contributed by atoms with Crippen molar-refractivity contribution in [3.63, 3.8) is 0 Å². The fourth-order valence-electron chi connectivity index (χ4n) is 8.56. The Bertz CT molecular complexity index is 2500. The molecule has 2 aliphatic carbocycles. The highest BCUT2D eigenvalue weighted by Gasteiger charge is 2.62. The van der Waals surface area contributed by atoms with Crippen LogP contribution in [0.4, 0.5) is 13.6 Å². The number of carbonyl (C=O) groups excluding carboxylic acids is 4. The van der Waals surface area contributed by atoms with Crippen molar-refractivity contribution in [2.24, 2.45) is 17.8 Å². The summed E-state index contributed by atoms with van der Waals surface area (Å²) in [5.74, 6) is -5.59. The zero-order valence-corrected chi connectivity index (χ0v) is 39.4. The second-order valence-electron chi connectivity index (χ2n) is 19.1. The Morgan fingerprint density at radius 3 is 2.39 bits per heavy atom. The molecule has 1 unspecified atom stereocenters. The average molecular weight is 945 g/mol. The molecule has 19 heteroatoms. The first kappa shape index (κ1) is 48.3. The van der Waals surface area contributed by atoms with E-state index >= 15 is 4.79 Å². The number of amides is 4. The fraction of sp³-hybridized carbons (Fsp3) is 0.574. The summed E-state index contributed by atoms with van der Waals surface area (Å²) in [7, 11) is -2.45. The molecule has 3 aromatic rings. The lowest BCUT2D eigenvalue weighted by molar-refractivity contribution is -0.152. The maximum absolute atomic E-state index is 15.1. The van der Waals surface area contributed by atoms with Gasteiger partial charge in [0.25, 0.3) is 11.8 Å². The van der Waals surface area contributed by atoms with Gasteiger partial charge in [-0.2, -0.15) is 0 Å². The number of ether oxygens (including phenoxy) is 4. The molecule has 3 fully saturated rings. The van der Waals surface area contributed by atoms with Gasteiger partial charge in [0, 0.05) is 28.9 Å². The maximum atomic E-state index is 15.1. The quantitative estimate of drug-likeness (QED) is 0.154. The number of fused-ring (bicyclic) bond motifs is 3. The van der Waals surface area contributed by atoms with Crippen LogP contribution in [0.25, 0.3) is 22.2 Å². The summed E-state index contributed by atoms with van der Waals surface area (Å²) in [6.07, 6.45) is 5.55. The first-order valence-electron chi connectivity index (χ1n) is 22.5. The van der Waals surface area contributed by atoms with Crippen LogP contribution in [0.2, 0.25) is 0 Å². The highest BCUT2D eigenvalue weighted by Crippen LogP contribution is 2.46. The Labute approximate surface area is 388 Å². The molecule has 1 saturated heterocycles. The molecule has 4 aliphatic rings. The summed E-state index contributed by atoms with van der Waals surface area (Å²) in [6.45, 7) is 10.1. The minimum Gasteiger partial charge on any atom is -0.497 e. The van der Waals surface area contributed by atoms with Crippen molar-refractivity contribution in [1.82, 2.24) is 30.2 Å². The molecular formula is C47H66F2N6O10S. The second kappa shape index (κ2) is 18.6. The van der Waals surface area contributed by atoms with Gasteiger partial charge < -0.3 is 34.5 Å². The van der Waals surface area contributed by atoms with Crippen LogP contribution in [0.3, 0.4) is 0 Å². The molecule has 0 radical (unpaired) electrons. The molecule has 1 aromatic carbocycles. The Kier molecular flexibility index (Phi) is 13.6. The standard InChI is InChI=1S/C47H60F2N6O10S.3H2/c1-26(2)63-32-14-18-36(50-24-32)37-21-29-20-31(62-8)13-17-35(29)41(51-37)64-33-22-38-40(56)53-47(43(58)54-66(60,61)34-15-16-34)23-30(47)12-10-9-11-27(3)19-28(4)39(42(57)55(38)25-33)52-44(59)65-45(5,6)46(7,48)49;;;/h10,12-14,17-18,20-21,24,26-28,30,33-34,38-39H,9,11,15-16,19,22-23,25H2,1-8H3,(H,52,59)(H,53,56)(H,54,58);3*1H/b12-10-;;;/t27-,28+,30+,33+,38-,39?,47+;;;/m0.../s1. The maximum Gasteiger partial charge on any atom is 0.408 e. The molecule has 3 N–H and O–H groups in total. The van der Waals surface area contributed by atoms with E-state index in [9.17, 15) is 31.6 Å². The summed E-state index contributed by atoms with van der Waals surface area (Å²) in [5, 5.41) is 5.99. The number of rotatable bonds is 12. The van der Waals surface area contributed by atoms with Gasteiger partial charge in [0.2, 0.25) is 27.7 Å². The van der Waals surface area contributed by atoms with E-state index in [1.165, 1.54) is 4.90 Å². The number of halogens is 2. The number of sulfonamides is 1. The van der Waals surface area contributed by atoms with Gasteiger partial charge in [-0.05, 0) is 120 Å². The molecule has 4 amide bonds. The van der Waals surface area contributed by atoms with Crippen molar-refractivity contribution in [2.75, 3.05) is 13.7 Å². The zero-order valence-electron chi connectivity index (χ0n) is 38.6. The van der Waals surface area contributed by atoms with Crippen LogP contribution in [0, 0.1) is 17.8 Å². The Hall–Kier alpha value is -5.59. The number of carbonyl (C=O) groups is 4. The molecule has 4 heterocycles. The van der Waals surface area contributed by atoms with E-state index in [0.29, 0.717) is 72.7 Å². The minimum absolute atomic E-state index is 0. The topological polar surface area (TPSA) is 204 Å². The van der Waals surface area contributed by atoms with E-state index in [1.54, 1.807) is 50.6 Å². The van der Waals surface area contributed by atoms with Crippen molar-refractivity contribution in [1.29, 1.82) is 0 Å². The van der Waals surface area contributed by atoms with Gasteiger partial charge in [0.05, 0.1) is 42.6 Å². The average Bonchev–Trinajstić information content (AvgIpc) is 4.17. The van der Waals surface area contributed by atoms with Crippen molar-refractivity contribution in [3.05, 3.63) is 54.7 Å². The molecule has 16 nitrogen and oxygen atoms in total. The fourth-order valence-corrected chi connectivity index (χ4v) is 9.92. The van der Waals surface area contributed by atoms with Crippen molar-refractivity contribution in [3.8, 4) is 28.8 Å². The van der Waals surface area contributed by atoms with Gasteiger partial charge in [-0.1, -0.05) is 26.0 Å². The molecular weight excluding hydrogens is 879 g/mol. The predicted molar refractivity (Wildman–Crippen MR) is 247 cm³/mol. The number of nitrogens with one attached hydrogen (secondary N) is 3. The van der Waals surface area contributed by atoms with Crippen LogP contribution in [0.5, 0.6) is 17.4 Å². The minimum atomic E-state index is -3.99. The molecule has 0 spiro atoms. The lowest BCUT2D eigenvalue weighted by Crippen LogP contribution is -2.59. The number of allylic oxidation sites excluding steroid dienone is 1. The predicted octanol–water partition coefficient (Wildman–Crippen LogP) is 7.20. The number of alkyl halides is 2. The number of alkyl carbamates (subject to hydrolysis) is 1. The summed E-state index contributed by atoms with van der Waals surface area (Å²) in [4.78, 5) is 68.0. The van der Waals surface area contributed by atoms with Crippen molar-refractivity contribution < 1.29 is 59.6 Å². The molecule has 2 aliphatic heterocycles. The molecule has 7 rings (SSSR count). The first-order valence-corrected chi connectivity index (χ1v) is 24.1. The van der Waals surface area contributed by atoms with Crippen LogP contribution < -0.4 is 29.6 Å². The van der Waals surface area contributed by atoms with Crippen molar-refractivity contribution >= 4 is 44.6 Å². The first-order chi connectivity index (χ1) is 31.0. The molecule has 7 atom stereocenters. The second-order valence-corrected chi connectivity index (χ2v) is 21.1. The largest absolute Gasteiger partial charge is 0.497 e. The number of benzene rings is 1. The number of aromatic nitrogens is 2. The van der Waals surface area contributed by atoms with Gasteiger partial charge in [-0.3, -0.25) is 24.1 Å². The molecule has 364 valence electrons. The lowest BCUT2D eigenvalue weighted by Gasteiger charge is -2.35. The monoisotopic (exact) mass is 944 g/mol. The summed E-state index contributed by atoms with van der Waals surface area (Å²) < 4.78 is 80.5. The van der Waals surface area contributed by atoms with E-state index in [0.717, 1.165) is 13.8 Å². The SMILES string of the molecule is COc1ccc2c(O[C@@H]3C[C@H]4C(=O)N[C@]5(C(=O)NS(=O)(=O)C6CC6)C[C@H]5/C=C\CC[C@H](C)C[C@@H](C)C(NC(=O)OC(C)(C)C(C)(F)F)C(=O)N4C3)nc(-c3ccc(OC(C)C)cn3)cc2c1.[HH].[HH].[HH]. The third-order valence-electron chi connectivity index (χ3n) is 12.9. The summed E-state index contributed by atoms with van der Waals surface area (Å²) in [5.41, 5.74) is -2.93. The smallest absolute Gasteiger partial charge is 0.408 e. The normalized spacial score (nSPS) is 26.8. The van der Waals surface area contributed by atoms with Crippen LogP contribution in [-0.2, 0) is 29.1 Å². The van der Waals surface area contributed by atoms with E-state index in [4.69, 9.17) is 23.9 Å². The lowest BCUT2D eigenvalue weighted by atomic mass is 9.88. The van der Waals surface area contributed by atoms with E-state index in [-0.39, 0.29) is 41.6 Å². The van der Waals surface area contributed by atoms with E-state index in [1.807, 2.05) is 39.0 Å². The van der Waals surface area contributed by atoms with Crippen molar-refractivity contribution in [2.45, 2.75) is 140 Å². The Balaban J connectivity index is 0.00000346. The summed E-state index contributed by atoms with van der Waals surface area (Å²) >= 11 is 0.